The van der Waals surface area contributed by atoms with Gasteiger partial charge >= 0.3 is 0 Å². The van der Waals surface area contributed by atoms with Crippen molar-refractivity contribution in [3.8, 4) is 0 Å². The van der Waals surface area contributed by atoms with Gasteiger partial charge in [-0.1, -0.05) is 0 Å². The topological polar surface area (TPSA) is 21.1 Å². The van der Waals surface area contributed by atoms with Crippen molar-refractivity contribution in [3.05, 3.63) is 11.3 Å². The van der Waals surface area contributed by atoms with Crippen molar-refractivity contribution in [1.82, 2.24) is 9.78 Å². The molecule has 1 saturated carbocycles. The fraction of sp³-hybridized carbons (Fsp3) is 0.727. The highest BCUT2D eigenvalue weighted by atomic mass is 19.3. The number of hydrogen-bond donors (Lipinski definition) is 0. The molecule has 3 nitrogen and oxygen atoms in total. The van der Waals surface area contributed by atoms with Gasteiger partial charge in [-0.3, -0.25) is 4.68 Å². The van der Waals surface area contributed by atoms with Crippen molar-refractivity contribution in [3.63, 3.8) is 0 Å². The summed E-state index contributed by atoms with van der Waals surface area (Å²) in [5.41, 5.74) is 0.960. The molecule has 1 heterocycles. The number of rotatable bonds is 2. The summed E-state index contributed by atoms with van der Waals surface area (Å²) >= 11 is 0. The molecule has 0 spiro atoms. The lowest BCUT2D eigenvalue weighted by atomic mass is 10.1. The minimum absolute atomic E-state index is 0.0442. The third-order valence-electron chi connectivity index (χ3n) is 3.64. The molecular weight excluding hydrogens is 212 g/mol. The predicted molar refractivity (Wildman–Crippen MR) is 57.0 cm³/mol. The van der Waals surface area contributed by atoms with Gasteiger partial charge in [0.1, 0.15) is 5.69 Å². The van der Waals surface area contributed by atoms with E-state index >= 15 is 0 Å². The predicted octanol–water partition coefficient (Wildman–Crippen LogP) is 2.18. The van der Waals surface area contributed by atoms with Crippen molar-refractivity contribution in [1.29, 1.82) is 0 Å². The van der Waals surface area contributed by atoms with Crippen molar-refractivity contribution in [2.75, 3.05) is 19.0 Å². The summed E-state index contributed by atoms with van der Waals surface area (Å²) in [6.45, 7) is 2.36. The molecule has 2 atom stereocenters. The SMILES string of the molecule is CCn1nc(N(C)C)c2c1C(F)(F)[C@@H]1C[C@H]21. The maximum absolute atomic E-state index is 14.0. The Hall–Kier alpha value is -1.13. The first-order valence-electron chi connectivity index (χ1n) is 5.64. The molecule has 0 radical (unpaired) electrons. The Labute approximate surface area is 93.0 Å². The first-order valence-corrected chi connectivity index (χ1v) is 5.64. The molecule has 2 aliphatic rings. The normalized spacial score (nSPS) is 28.8. The highest BCUT2D eigenvalue weighted by molar-refractivity contribution is 5.58. The number of halogens is 2. The molecule has 1 aromatic rings. The van der Waals surface area contributed by atoms with Crippen molar-refractivity contribution >= 4 is 5.82 Å². The van der Waals surface area contributed by atoms with Gasteiger partial charge in [0, 0.05) is 32.1 Å². The zero-order valence-electron chi connectivity index (χ0n) is 9.67. The van der Waals surface area contributed by atoms with Crippen LogP contribution in [0, 0.1) is 5.92 Å². The minimum atomic E-state index is -2.67. The van der Waals surface area contributed by atoms with E-state index in [1.807, 2.05) is 25.9 Å². The Morgan fingerprint density at radius 3 is 2.75 bits per heavy atom. The quantitative estimate of drug-likeness (QED) is 0.772. The third kappa shape index (κ3) is 0.987. The minimum Gasteiger partial charge on any atom is -0.361 e. The fourth-order valence-corrected chi connectivity index (χ4v) is 2.81. The fourth-order valence-electron chi connectivity index (χ4n) is 2.81. The summed E-state index contributed by atoms with van der Waals surface area (Å²) in [6.07, 6.45) is 0.621. The van der Waals surface area contributed by atoms with Crippen LogP contribution in [0.5, 0.6) is 0 Å². The van der Waals surface area contributed by atoms with Crippen LogP contribution in [0.25, 0.3) is 0 Å². The number of hydrogen-bond acceptors (Lipinski definition) is 2. The Kier molecular flexibility index (Phi) is 1.73. The Balaban J connectivity index is 2.22. The van der Waals surface area contributed by atoms with Gasteiger partial charge in [0.25, 0.3) is 5.92 Å². The average molecular weight is 227 g/mol. The molecule has 1 aromatic heterocycles. The second-order valence-corrected chi connectivity index (χ2v) is 4.87. The van der Waals surface area contributed by atoms with Crippen LogP contribution >= 0.6 is 0 Å². The van der Waals surface area contributed by atoms with Crippen LogP contribution < -0.4 is 4.90 Å². The van der Waals surface area contributed by atoms with E-state index in [1.54, 1.807) is 0 Å². The molecule has 0 bridgehead atoms. The molecule has 0 aliphatic heterocycles. The van der Waals surface area contributed by atoms with Gasteiger partial charge in [-0.05, 0) is 19.3 Å². The maximum atomic E-state index is 14.0. The number of aryl methyl sites for hydroxylation is 1. The molecule has 0 aromatic carbocycles. The van der Waals surface area contributed by atoms with Gasteiger partial charge in [0.15, 0.2) is 5.82 Å². The monoisotopic (exact) mass is 227 g/mol. The molecule has 88 valence electrons. The van der Waals surface area contributed by atoms with Gasteiger partial charge in [0.05, 0.1) is 0 Å². The van der Waals surface area contributed by atoms with E-state index in [2.05, 4.69) is 5.10 Å². The van der Waals surface area contributed by atoms with Crippen molar-refractivity contribution < 1.29 is 8.78 Å². The average Bonchev–Trinajstić information content (AvgIpc) is 2.85. The van der Waals surface area contributed by atoms with Crippen LogP contribution in [0.4, 0.5) is 14.6 Å². The Morgan fingerprint density at radius 2 is 2.19 bits per heavy atom. The molecule has 0 amide bonds. The lowest BCUT2D eigenvalue weighted by Crippen LogP contribution is -2.19. The summed E-state index contributed by atoms with van der Waals surface area (Å²) in [7, 11) is 3.72. The number of alkyl halides is 2. The van der Waals surface area contributed by atoms with Gasteiger partial charge in [-0.15, -0.1) is 0 Å². The first-order chi connectivity index (χ1) is 7.48. The standard InChI is InChI=1S/C11H15F2N3/c1-4-16-9-8(10(14-16)15(2)3)6-5-7(6)11(9,12)13/h6-7H,4-5H2,1-3H3/t6-,7+/m0/s1. The third-order valence-corrected chi connectivity index (χ3v) is 3.64. The second kappa shape index (κ2) is 2.76. The van der Waals surface area contributed by atoms with E-state index in [9.17, 15) is 8.78 Å². The van der Waals surface area contributed by atoms with Crippen LogP contribution in [-0.4, -0.2) is 23.9 Å². The first kappa shape index (κ1) is 10.1. The summed E-state index contributed by atoms with van der Waals surface area (Å²) in [6, 6.07) is 0. The van der Waals surface area contributed by atoms with Crippen molar-refractivity contribution in [2.45, 2.75) is 31.7 Å². The molecule has 3 rings (SSSR count). The summed E-state index contributed by atoms with van der Waals surface area (Å²) in [5, 5.41) is 4.29. The van der Waals surface area contributed by atoms with Gasteiger partial charge in [-0.25, -0.2) is 0 Å². The number of aromatic nitrogens is 2. The van der Waals surface area contributed by atoms with Crippen LogP contribution in [-0.2, 0) is 12.5 Å². The number of fused-ring (bicyclic) bond motifs is 3. The molecule has 1 fully saturated rings. The van der Waals surface area contributed by atoms with Gasteiger partial charge < -0.3 is 4.90 Å². The highest BCUT2D eigenvalue weighted by Gasteiger charge is 2.66. The molecule has 0 unspecified atom stereocenters. The van der Waals surface area contributed by atoms with E-state index in [0.717, 1.165) is 11.4 Å². The molecular formula is C11H15F2N3. The van der Waals surface area contributed by atoms with Crippen LogP contribution in [0.1, 0.15) is 30.5 Å². The molecule has 0 saturated heterocycles. The smallest absolute Gasteiger partial charge is 0.293 e. The lowest BCUT2D eigenvalue weighted by Gasteiger charge is -2.14. The maximum Gasteiger partial charge on any atom is 0.293 e. The zero-order chi connectivity index (χ0) is 11.7. The number of anilines is 1. The largest absolute Gasteiger partial charge is 0.361 e. The summed E-state index contributed by atoms with van der Waals surface area (Å²) in [4.78, 5) is 1.84. The van der Waals surface area contributed by atoms with Crippen LogP contribution in [0.2, 0.25) is 0 Å². The second-order valence-electron chi connectivity index (χ2n) is 4.87. The molecule has 16 heavy (non-hydrogen) atoms. The van der Waals surface area contributed by atoms with Crippen LogP contribution in [0.15, 0.2) is 0 Å². The summed E-state index contributed by atoms with van der Waals surface area (Å²) < 4.78 is 29.5. The van der Waals surface area contributed by atoms with E-state index in [-0.39, 0.29) is 11.6 Å². The zero-order valence-corrected chi connectivity index (χ0v) is 9.67. The van der Waals surface area contributed by atoms with Crippen LogP contribution in [0.3, 0.4) is 0 Å². The van der Waals surface area contributed by atoms with E-state index < -0.39 is 11.8 Å². The van der Waals surface area contributed by atoms with Crippen molar-refractivity contribution in [2.24, 2.45) is 5.92 Å². The van der Waals surface area contributed by atoms with Gasteiger partial charge in [0.2, 0.25) is 0 Å². The van der Waals surface area contributed by atoms with E-state index in [0.29, 0.717) is 13.0 Å². The molecule has 2 aliphatic carbocycles. The van der Waals surface area contributed by atoms with E-state index in [1.165, 1.54) is 4.68 Å². The Morgan fingerprint density at radius 1 is 1.50 bits per heavy atom. The van der Waals surface area contributed by atoms with Gasteiger partial charge in [-0.2, -0.15) is 13.9 Å². The molecule has 5 heteroatoms. The Bertz CT molecular complexity index is 450. The lowest BCUT2D eigenvalue weighted by molar-refractivity contribution is -0.0308. The number of nitrogens with zero attached hydrogens (tertiary/aromatic N) is 3. The van der Waals surface area contributed by atoms with E-state index in [4.69, 9.17) is 0 Å². The molecule has 0 N–H and O–H groups in total. The highest BCUT2D eigenvalue weighted by Crippen LogP contribution is 2.68. The summed E-state index contributed by atoms with van der Waals surface area (Å²) in [5.74, 6) is -2.36.